The molecule has 1 aliphatic heterocycles. The van der Waals surface area contributed by atoms with E-state index in [1.54, 1.807) is 0 Å². The SMILES string of the molecule is Cc1ccc(C2COCCN2Cc2cnc3c(C)cccn23)o1. The molecule has 1 atom stereocenters. The summed E-state index contributed by atoms with van der Waals surface area (Å²) in [6.07, 6.45) is 4.05. The zero-order valence-corrected chi connectivity index (χ0v) is 13.5. The van der Waals surface area contributed by atoms with Gasteiger partial charge in [0.2, 0.25) is 0 Å². The highest BCUT2D eigenvalue weighted by Crippen LogP contribution is 2.27. The van der Waals surface area contributed by atoms with Gasteiger partial charge in [-0.2, -0.15) is 0 Å². The highest BCUT2D eigenvalue weighted by molar-refractivity contribution is 5.48. The van der Waals surface area contributed by atoms with Crippen molar-refractivity contribution in [2.75, 3.05) is 19.8 Å². The number of morpholine rings is 1. The third-order valence-electron chi connectivity index (χ3n) is 4.50. The molecule has 0 aromatic carbocycles. The molecule has 0 radical (unpaired) electrons. The molecule has 1 unspecified atom stereocenters. The van der Waals surface area contributed by atoms with Gasteiger partial charge in [0, 0.05) is 19.3 Å². The Kier molecular flexibility index (Phi) is 3.67. The Morgan fingerprint density at radius 3 is 3.00 bits per heavy atom. The van der Waals surface area contributed by atoms with Crippen LogP contribution in [0.3, 0.4) is 0 Å². The minimum absolute atomic E-state index is 0.160. The molecule has 3 aromatic heterocycles. The molecule has 120 valence electrons. The second kappa shape index (κ2) is 5.83. The zero-order chi connectivity index (χ0) is 15.8. The molecular formula is C18H21N3O2. The van der Waals surface area contributed by atoms with E-state index in [1.165, 1.54) is 11.3 Å². The summed E-state index contributed by atoms with van der Waals surface area (Å²) in [5.41, 5.74) is 3.42. The third kappa shape index (κ3) is 2.66. The van der Waals surface area contributed by atoms with Gasteiger partial charge in [-0.25, -0.2) is 4.98 Å². The second-order valence-electron chi connectivity index (χ2n) is 6.14. The molecule has 1 aliphatic rings. The van der Waals surface area contributed by atoms with Crippen LogP contribution in [0.2, 0.25) is 0 Å². The first kappa shape index (κ1) is 14.5. The Hall–Kier alpha value is -2.11. The molecule has 0 saturated carbocycles. The fourth-order valence-electron chi connectivity index (χ4n) is 3.25. The third-order valence-corrected chi connectivity index (χ3v) is 4.50. The Labute approximate surface area is 135 Å². The molecule has 0 bridgehead atoms. The summed E-state index contributed by atoms with van der Waals surface area (Å²) in [7, 11) is 0. The number of aryl methyl sites for hydroxylation is 2. The van der Waals surface area contributed by atoms with Crippen LogP contribution in [-0.2, 0) is 11.3 Å². The normalized spacial score (nSPS) is 19.5. The predicted octanol–water partition coefficient (Wildman–Crippen LogP) is 3.12. The number of ether oxygens (including phenoxy) is 1. The van der Waals surface area contributed by atoms with Crippen molar-refractivity contribution in [1.29, 1.82) is 0 Å². The minimum atomic E-state index is 0.160. The molecule has 23 heavy (non-hydrogen) atoms. The number of aromatic nitrogens is 2. The van der Waals surface area contributed by atoms with Gasteiger partial charge in [0.25, 0.3) is 0 Å². The Balaban J connectivity index is 1.63. The summed E-state index contributed by atoms with van der Waals surface area (Å²) < 4.78 is 13.7. The standard InChI is InChI=1S/C18H21N3O2/c1-13-4-3-7-21-15(10-19-18(13)21)11-20-8-9-22-12-16(20)17-6-5-14(2)23-17/h3-7,10,16H,8-9,11-12H2,1-2H3. The van der Waals surface area contributed by atoms with E-state index in [4.69, 9.17) is 9.15 Å². The second-order valence-corrected chi connectivity index (χ2v) is 6.14. The Bertz CT molecular complexity index is 821. The van der Waals surface area contributed by atoms with E-state index in [-0.39, 0.29) is 6.04 Å². The van der Waals surface area contributed by atoms with E-state index in [9.17, 15) is 0 Å². The first-order valence-corrected chi connectivity index (χ1v) is 8.02. The molecule has 0 N–H and O–H groups in total. The van der Waals surface area contributed by atoms with Crippen molar-refractivity contribution in [3.8, 4) is 0 Å². The van der Waals surface area contributed by atoms with Crippen LogP contribution in [0.4, 0.5) is 0 Å². The monoisotopic (exact) mass is 311 g/mol. The smallest absolute Gasteiger partial charge is 0.139 e. The van der Waals surface area contributed by atoms with Crippen molar-refractivity contribution < 1.29 is 9.15 Å². The summed E-state index contributed by atoms with van der Waals surface area (Å²) in [5.74, 6) is 1.92. The summed E-state index contributed by atoms with van der Waals surface area (Å²) in [6, 6.07) is 8.39. The predicted molar refractivity (Wildman–Crippen MR) is 87.3 cm³/mol. The van der Waals surface area contributed by atoms with Gasteiger partial charge in [0.1, 0.15) is 17.2 Å². The lowest BCUT2D eigenvalue weighted by atomic mass is 10.1. The molecule has 0 amide bonds. The molecule has 0 spiro atoms. The number of fused-ring (bicyclic) bond motifs is 1. The van der Waals surface area contributed by atoms with Crippen LogP contribution in [0.5, 0.6) is 0 Å². The summed E-state index contributed by atoms with van der Waals surface area (Å²) in [5, 5.41) is 0. The van der Waals surface area contributed by atoms with Crippen LogP contribution in [0.15, 0.2) is 41.1 Å². The van der Waals surface area contributed by atoms with Gasteiger partial charge in [0.15, 0.2) is 0 Å². The first-order chi connectivity index (χ1) is 11.2. The lowest BCUT2D eigenvalue weighted by molar-refractivity contribution is -0.0211. The highest BCUT2D eigenvalue weighted by Gasteiger charge is 2.27. The van der Waals surface area contributed by atoms with Crippen LogP contribution < -0.4 is 0 Å². The average Bonchev–Trinajstić information content (AvgIpc) is 3.16. The number of furan rings is 1. The lowest BCUT2D eigenvalue weighted by Crippen LogP contribution is -2.39. The van der Waals surface area contributed by atoms with Crippen LogP contribution in [0.25, 0.3) is 5.65 Å². The topological polar surface area (TPSA) is 42.9 Å². The molecule has 1 saturated heterocycles. The van der Waals surface area contributed by atoms with E-state index in [1.807, 2.05) is 19.2 Å². The van der Waals surface area contributed by atoms with E-state index in [0.717, 1.165) is 36.9 Å². The largest absolute Gasteiger partial charge is 0.465 e. The maximum atomic E-state index is 5.83. The summed E-state index contributed by atoms with van der Waals surface area (Å²) in [4.78, 5) is 6.98. The molecule has 0 aliphatic carbocycles. The number of hydrogen-bond acceptors (Lipinski definition) is 4. The van der Waals surface area contributed by atoms with Gasteiger partial charge in [-0.1, -0.05) is 6.07 Å². The van der Waals surface area contributed by atoms with Crippen molar-refractivity contribution >= 4 is 5.65 Å². The van der Waals surface area contributed by atoms with Gasteiger partial charge < -0.3 is 13.6 Å². The highest BCUT2D eigenvalue weighted by atomic mass is 16.5. The molecule has 5 heteroatoms. The maximum absolute atomic E-state index is 5.83. The Morgan fingerprint density at radius 1 is 1.26 bits per heavy atom. The molecular weight excluding hydrogens is 290 g/mol. The van der Waals surface area contributed by atoms with Crippen molar-refractivity contribution in [2.24, 2.45) is 0 Å². The van der Waals surface area contributed by atoms with Crippen molar-refractivity contribution in [3.63, 3.8) is 0 Å². The fourth-order valence-corrected chi connectivity index (χ4v) is 3.25. The number of imidazole rings is 1. The zero-order valence-electron chi connectivity index (χ0n) is 13.5. The van der Waals surface area contributed by atoms with Crippen molar-refractivity contribution in [2.45, 2.75) is 26.4 Å². The fraction of sp³-hybridized carbons (Fsp3) is 0.389. The first-order valence-electron chi connectivity index (χ1n) is 8.02. The minimum Gasteiger partial charge on any atom is -0.465 e. The average molecular weight is 311 g/mol. The van der Waals surface area contributed by atoms with Crippen LogP contribution in [0.1, 0.15) is 28.8 Å². The molecule has 1 fully saturated rings. The summed E-state index contributed by atoms with van der Waals surface area (Å²) >= 11 is 0. The lowest BCUT2D eigenvalue weighted by Gasteiger charge is -2.34. The number of pyridine rings is 1. The molecule has 4 rings (SSSR count). The van der Waals surface area contributed by atoms with Crippen LogP contribution in [-0.4, -0.2) is 34.0 Å². The van der Waals surface area contributed by atoms with Crippen molar-refractivity contribution in [1.82, 2.24) is 14.3 Å². The van der Waals surface area contributed by atoms with E-state index in [0.29, 0.717) is 6.61 Å². The number of hydrogen-bond donors (Lipinski definition) is 0. The van der Waals surface area contributed by atoms with Crippen LogP contribution >= 0.6 is 0 Å². The van der Waals surface area contributed by atoms with Gasteiger partial charge in [-0.05, 0) is 37.6 Å². The van der Waals surface area contributed by atoms with E-state index < -0.39 is 0 Å². The molecule has 4 heterocycles. The van der Waals surface area contributed by atoms with E-state index in [2.05, 4.69) is 45.6 Å². The van der Waals surface area contributed by atoms with Gasteiger partial charge >= 0.3 is 0 Å². The van der Waals surface area contributed by atoms with Gasteiger partial charge in [-0.3, -0.25) is 4.90 Å². The van der Waals surface area contributed by atoms with Gasteiger partial charge in [-0.15, -0.1) is 0 Å². The van der Waals surface area contributed by atoms with Crippen molar-refractivity contribution in [3.05, 3.63) is 59.4 Å². The van der Waals surface area contributed by atoms with Gasteiger partial charge in [0.05, 0.1) is 31.1 Å². The summed E-state index contributed by atoms with van der Waals surface area (Å²) in [6.45, 7) is 7.22. The molecule has 5 nitrogen and oxygen atoms in total. The Morgan fingerprint density at radius 2 is 2.17 bits per heavy atom. The number of nitrogens with zero attached hydrogens (tertiary/aromatic N) is 3. The van der Waals surface area contributed by atoms with E-state index >= 15 is 0 Å². The number of rotatable bonds is 3. The maximum Gasteiger partial charge on any atom is 0.139 e. The molecule has 3 aromatic rings. The van der Waals surface area contributed by atoms with Crippen LogP contribution in [0, 0.1) is 13.8 Å². The quantitative estimate of drug-likeness (QED) is 0.745.